The van der Waals surface area contributed by atoms with Gasteiger partial charge in [0.1, 0.15) is 12.3 Å². The van der Waals surface area contributed by atoms with Gasteiger partial charge in [-0.15, -0.1) is 0 Å². The van der Waals surface area contributed by atoms with Gasteiger partial charge in [0.15, 0.2) is 0 Å². The number of nitrogens with one attached hydrogen (secondary N) is 1. The van der Waals surface area contributed by atoms with Crippen LogP contribution in [-0.2, 0) is 16.1 Å². The molecule has 0 saturated heterocycles. The monoisotopic (exact) mass is 415 g/mol. The summed E-state index contributed by atoms with van der Waals surface area (Å²) >= 11 is 3.30. The van der Waals surface area contributed by atoms with Crippen molar-refractivity contribution in [3.8, 4) is 0 Å². The van der Waals surface area contributed by atoms with Crippen LogP contribution in [0, 0.1) is 0 Å². The van der Waals surface area contributed by atoms with Crippen LogP contribution in [0.2, 0.25) is 0 Å². The van der Waals surface area contributed by atoms with Crippen LogP contribution in [-0.4, -0.2) is 21.3 Å². The molecule has 0 aliphatic carbocycles. The van der Waals surface area contributed by atoms with Gasteiger partial charge >= 0.3 is 5.97 Å². The van der Waals surface area contributed by atoms with Crippen molar-refractivity contribution in [2.24, 2.45) is 0 Å². The number of fused-ring (bicyclic) bond motifs is 1. The molecular weight excluding hydrogens is 402 g/mol. The van der Waals surface area contributed by atoms with Gasteiger partial charge in [-0.3, -0.25) is 14.0 Å². The molecule has 0 radical (unpaired) electrons. The zero-order chi connectivity index (χ0) is 18.7. The van der Waals surface area contributed by atoms with Crippen molar-refractivity contribution in [1.29, 1.82) is 0 Å². The lowest BCUT2D eigenvalue weighted by Crippen LogP contribution is -2.16. The molecule has 0 atom stereocenters. The maximum absolute atomic E-state index is 12.1. The third-order valence-corrected chi connectivity index (χ3v) is 3.94. The predicted molar refractivity (Wildman–Crippen MR) is 99.0 cm³/mol. The van der Waals surface area contributed by atoms with E-state index >= 15 is 0 Å². The zero-order valence-corrected chi connectivity index (χ0v) is 15.3. The van der Waals surface area contributed by atoms with E-state index < -0.39 is 5.97 Å². The maximum atomic E-state index is 12.1. The number of esters is 1. The Morgan fingerprint density at radius 1 is 1.19 bits per heavy atom. The van der Waals surface area contributed by atoms with Crippen molar-refractivity contribution in [3.63, 3.8) is 0 Å². The van der Waals surface area contributed by atoms with E-state index in [4.69, 9.17) is 4.74 Å². The Morgan fingerprint density at radius 2 is 1.92 bits per heavy atom. The molecule has 1 N–H and O–H groups in total. The highest BCUT2D eigenvalue weighted by Gasteiger charge is 2.10. The summed E-state index contributed by atoms with van der Waals surface area (Å²) in [6.45, 7) is 1.29. The van der Waals surface area contributed by atoms with Crippen LogP contribution < -0.4 is 10.9 Å². The van der Waals surface area contributed by atoms with Crippen LogP contribution in [0.3, 0.4) is 0 Å². The van der Waals surface area contributed by atoms with Crippen molar-refractivity contribution in [2.75, 3.05) is 5.32 Å². The molecule has 0 aliphatic heterocycles. The van der Waals surface area contributed by atoms with Crippen molar-refractivity contribution in [1.82, 2.24) is 9.38 Å². The summed E-state index contributed by atoms with van der Waals surface area (Å²) < 4.78 is 7.38. The van der Waals surface area contributed by atoms with Gasteiger partial charge in [0.05, 0.1) is 11.3 Å². The van der Waals surface area contributed by atoms with E-state index in [0.717, 1.165) is 4.47 Å². The van der Waals surface area contributed by atoms with Crippen LogP contribution in [0.4, 0.5) is 5.69 Å². The van der Waals surface area contributed by atoms with Crippen molar-refractivity contribution < 1.29 is 14.3 Å². The molecule has 0 saturated carbocycles. The minimum atomic E-state index is -0.544. The molecule has 0 fully saturated rings. The minimum Gasteiger partial charge on any atom is -0.456 e. The quantitative estimate of drug-likeness (QED) is 0.661. The Labute approximate surface area is 156 Å². The number of carbonyl (C=O) groups excluding carboxylic acids is 2. The number of anilines is 1. The Morgan fingerprint density at radius 3 is 2.62 bits per heavy atom. The van der Waals surface area contributed by atoms with Gasteiger partial charge in [0, 0.05) is 29.3 Å². The van der Waals surface area contributed by atoms with E-state index in [-0.39, 0.29) is 18.1 Å². The van der Waals surface area contributed by atoms with Crippen molar-refractivity contribution in [2.45, 2.75) is 13.5 Å². The van der Waals surface area contributed by atoms with E-state index in [0.29, 0.717) is 22.6 Å². The molecule has 3 rings (SSSR count). The second-order valence-corrected chi connectivity index (χ2v) is 6.41. The number of halogens is 1. The normalized spacial score (nSPS) is 10.5. The molecule has 2 heterocycles. The number of ether oxygens (including phenoxy) is 1. The number of carbonyl (C=O) groups is 2. The summed E-state index contributed by atoms with van der Waals surface area (Å²) in [5.41, 5.74) is 1.49. The smallest absolute Gasteiger partial charge is 0.338 e. The predicted octanol–water partition coefficient (Wildman–Crippen LogP) is 2.77. The lowest BCUT2D eigenvalue weighted by molar-refractivity contribution is -0.114. The van der Waals surface area contributed by atoms with E-state index in [1.807, 2.05) is 0 Å². The molecule has 132 valence electrons. The topological polar surface area (TPSA) is 89.8 Å². The molecule has 7 nitrogen and oxygen atoms in total. The summed E-state index contributed by atoms with van der Waals surface area (Å²) in [5.74, 6) is -0.738. The average molecular weight is 416 g/mol. The fourth-order valence-corrected chi connectivity index (χ4v) is 2.65. The second kappa shape index (κ2) is 7.49. The molecular formula is C18H14BrN3O4. The molecule has 26 heavy (non-hydrogen) atoms. The maximum Gasteiger partial charge on any atom is 0.338 e. The third-order valence-electron chi connectivity index (χ3n) is 3.47. The number of rotatable bonds is 4. The molecule has 8 heteroatoms. The fraction of sp³-hybridized carbons (Fsp3) is 0.111. The lowest BCUT2D eigenvalue weighted by Gasteiger charge is -2.07. The van der Waals surface area contributed by atoms with Crippen molar-refractivity contribution >= 4 is 39.1 Å². The third kappa shape index (κ3) is 4.15. The van der Waals surface area contributed by atoms with Gasteiger partial charge in [0.25, 0.3) is 5.56 Å². The lowest BCUT2D eigenvalue weighted by atomic mass is 10.2. The summed E-state index contributed by atoms with van der Waals surface area (Å²) in [6, 6.07) is 11.1. The largest absolute Gasteiger partial charge is 0.456 e. The number of benzene rings is 1. The summed E-state index contributed by atoms with van der Waals surface area (Å²) in [5, 5.41) is 2.61. The van der Waals surface area contributed by atoms with E-state index in [1.54, 1.807) is 42.6 Å². The Bertz CT molecular complexity index is 1040. The number of amides is 1. The minimum absolute atomic E-state index is 0.117. The van der Waals surface area contributed by atoms with Gasteiger partial charge in [-0.25, -0.2) is 9.78 Å². The van der Waals surface area contributed by atoms with Gasteiger partial charge in [-0.1, -0.05) is 0 Å². The standard InChI is InChI=1S/C18H14BrN3O4/c1-11(23)20-14-5-2-12(3-6-14)18(25)26-10-15-8-17(24)22-9-13(19)4-7-16(22)21-15/h2-9H,10H2,1H3,(H,20,23). The van der Waals surface area contributed by atoms with Crippen LogP contribution >= 0.6 is 15.9 Å². The highest BCUT2D eigenvalue weighted by atomic mass is 79.9. The first-order valence-corrected chi connectivity index (χ1v) is 8.44. The summed E-state index contributed by atoms with van der Waals surface area (Å²) in [7, 11) is 0. The summed E-state index contributed by atoms with van der Waals surface area (Å²) in [6.07, 6.45) is 1.62. The fourth-order valence-electron chi connectivity index (χ4n) is 2.32. The van der Waals surface area contributed by atoms with Crippen LogP contribution in [0.25, 0.3) is 5.65 Å². The SMILES string of the molecule is CC(=O)Nc1ccc(C(=O)OCc2cc(=O)n3cc(Br)ccc3n2)cc1. The molecule has 1 amide bonds. The van der Waals surface area contributed by atoms with Crippen LogP contribution in [0.15, 0.2) is 57.9 Å². The van der Waals surface area contributed by atoms with E-state index in [1.165, 1.54) is 17.4 Å². The van der Waals surface area contributed by atoms with Crippen LogP contribution in [0.5, 0.6) is 0 Å². The van der Waals surface area contributed by atoms with Crippen LogP contribution in [0.1, 0.15) is 23.0 Å². The highest BCUT2D eigenvalue weighted by molar-refractivity contribution is 9.10. The van der Waals surface area contributed by atoms with Gasteiger partial charge < -0.3 is 10.1 Å². The van der Waals surface area contributed by atoms with E-state index in [9.17, 15) is 14.4 Å². The molecule has 0 unspecified atom stereocenters. The average Bonchev–Trinajstić information content (AvgIpc) is 2.60. The molecule has 0 spiro atoms. The first-order valence-electron chi connectivity index (χ1n) is 7.65. The Hall–Kier alpha value is -3.00. The molecule has 3 aromatic rings. The highest BCUT2D eigenvalue weighted by Crippen LogP contribution is 2.12. The molecule has 0 bridgehead atoms. The van der Waals surface area contributed by atoms with Gasteiger partial charge in [-0.05, 0) is 52.3 Å². The zero-order valence-electron chi connectivity index (χ0n) is 13.7. The number of hydrogen-bond acceptors (Lipinski definition) is 5. The first kappa shape index (κ1) is 17.8. The summed E-state index contributed by atoms with van der Waals surface area (Å²) in [4.78, 5) is 39.5. The van der Waals surface area contributed by atoms with Gasteiger partial charge in [0.2, 0.25) is 5.91 Å². The van der Waals surface area contributed by atoms with Crippen molar-refractivity contribution in [3.05, 3.63) is 74.7 Å². The second-order valence-electron chi connectivity index (χ2n) is 5.50. The van der Waals surface area contributed by atoms with E-state index in [2.05, 4.69) is 26.2 Å². The Balaban J connectivity index is 1.71. The molecule has 2 aromatic heterocycles. The molecule has 1 aromatic carbocycles. The molecule has 0 aliphatic rings. The first-order chi connectivity index (χ1) is 12.4. The number of nitrogens with zero attached hydrogens (tertiary/aromatic N) is 2. The Kier molecular flexibility index (Phi) is 5.13. The van der Waals surface area contributed by atoms with Gasteiger partial charge in [-0.2, -0.15) is 0 Å². The number of aromatic nitrogens is 2. The number of pyridine rings is 1. The number of hydrogen-bond donors (Lipinski definition) is 1.